The molecule has 0 atom stereocenters. The van der Waals surface area contributed by atoms with Crippen molar-refractivity contribution in [3.05, 3.63) is 95.8 Å². The molecule has 0 unspecified atom stereocenters. The smallest absolute Gasteiger partial charge is 0.184 e. The first-order chi connectivity index (χ1) is 10.3. The normalized spacial score (nSPS) is 18.9. The molecule has 0 aliphatic heterocycles. The number of hydrogen-bond donors (Lipinski definition) is 1. The minimum Gasteiger partial charge on any atom is -0.515 e. The molecule has 0 saturated carbocycles. The zero-order valence-corrected chi connectivity index (χ0v) is 11.6. The van der Waals surface area contributed by atoms with Crippen LogP contribution in [0.4, 0.5) is 0 Å². The number of carbonyl (C=O) groups excluding carboxylic acids is 1. The van der Waals surface area contributed by atoms with Crippen LogP contribution in [-0.2, 0) is 10.2 Å². The Morgan fingerprint density at radius 1 is 0.905 bits per heavy atom. The fourth-order valence-corrected chi connectivity index (χ4v) is 2.92. The lowest BCUT2D eigenvalue weighted by molar-refractivity contribution is -0.111. The van der Waals surface area contributed by atoms with Crippen LogP contribution in [0.5, 0.6) is 0 Å². The minimum absolute atomic E-state index is 0.125. The molecule has 0 radical (unpaired) electrons. The summed E-state index contributed by atoms with van der Waals surface area (Å²) in [4.78, 5) is 11.9. The summed E-state index contributed by atoms with van der Waals surface area (Å²) in [5, 5.41) is 9.37. The molecule has 21 heavy (non-hydrogen) atoms. The lowest BCUT2D eigenvalue weighted by Crippen LogP contribution is -2.30. The first-order valence-electron chi connectivity index (χ1n) is 6.94. The number of allylic oxidation sites excluding steroid dienone is 3. The van der Waals surface area contributed by atoms with Gasteiger partial charge in [-0.15, -0.1) is 0 Å². The van der Waals surface area contributed by atoms with E-state index in [1.165, 1.54) is 0 Å². The summed E-state index contributed by atoms with van der Waals surface area (Å²) < 4.78 is 0. The first-order valence-corrected chi connectivity index (χ1v) is 6.94. The Kier molecular flexibility index (Phi) is 3.44. The number of benzene rings is 2. The Hall–Kier alpha value is -2.61. The van der Waals surface area contributed by atoms with Crippen molar-refractivity contribution in [2.24, 2.45) is 0 Å². The van der Waals surface area contributed by atoms with Gasteiger partial charge in [0.25, 0.3) is 0 Å². The van der Waals surface area contributed by atoms with E-state index in [4.69, 9.17) is 0 Å². The van der Waals surface area contributed by atoms with Crippen molar-refractivity contribution < 1.29 is 9.90 Å². The summed E-state index contributed by atoms with van der Waals surface area (Å²) in [7, 11) is 0. The van der Waals surface area contributed by atoms with Crippen LogP contribution in [0.2, 0.25) is 0 Å². The molecule has 104 valence electrons. The van der Waals surface area contributed by atoms with Gasteiger partial charge in [-0.2, -0.15) is 0 Å². The fraction of sp³-hybridized carbons (Fsp3) is 0.105. The average molecular weight is 276 g/mol. The molecule has 2 aromatic rings. The van der Waals surface area contributed by atoms with Crippen molar-refractivity contribution in [1.29, 1.82) is 0 Å². The molecule has 1 aliphatic rings. The summed E-state index contributed by atoms with van der Waals surface area (Å²) in [5.41, 5.74) is 2.24. The van der Waals surface area contributed by atoms with E-state index >= 15 is 0 Å². The van der Waals surface area contributed by atoms with Crippen LogP contribution >= 0.6 is 0 Å². The minimum atomic E-state index is -0.412. The zero-order chi connectivity index (χ0) is 14.7. The van der Waals surface area contributed by atoms with E-state index in [2.05, 4.69) is 24.3 Å². The Morgan fingerprint density at radius 2 is 1.43 bits per heavy atom. The van der Waals surface area contributed by atoms with Crippen molar-refractivity contribution in [2.75, 3.05) is 0 Å². The zero-order valence-electron chi connectivity index (χ0n) is 11.6. The van der Waals surface area contributed by atoms with Gasteiger partial charge in [0.1, 0.15) is 0 Å². The summed E-state index contributed by atoms with van der Waals surface area (Å²) in [6, 6.07) is 20.2. The number of aliphatic hydroxyl groups excluding tert-OH is 1. The van der Waals surface area contributed by atoms with Gasteiger partial charge in [-0.05, 0) is 23.6 Å². The quantitative estimate of drug-likeness (QED) is 0.666. The van der Waals surface area contributed by atoms with E-state index in [1.807, 2.05) is 42.5 Å². The van der Waals surface area contributed by atoms with Gasteiger partial charge < -0.3 is 5.11 Å². The highest BCUT2D eigenvalue weighted by Crippen LogP contribution is 2.42. The predicted octanol–water partition coefficient (Wildman–Crippen LogP) is 3.94. The van der Waals surface area contributed by atoms with Crippen molar-refractivity contribution in [3.63, 3.8) is 0 Å². The number of ketones is 1. The van der Waals surface area contributed by atoms with E-state index < -0.39 is 5.41 Å². The topological polar surface area (TPSA) is 37.3 Å². The van der Waals surface area contributed by atoms with Crippen LogP contribution in [0.15, 0.2) is 84.7 Å². The van der Waals surface area contributed by atoms with Gasteiger partial charge >= 0.3 is 0 Å². The van der Waals surface area contributed by atoms with Crippen LogP contribution in [0.3, 0.4) is 0 Å². The highest BCUT2D eigenvalue weighted by molar-refractivity contribution is 6.05. The van der Waals surface area contributed by atoms with Crippen LogP contribution in [-0.4, -0.2) is 10.9 Å². The summed E-state index contributed by atoms with van der Waals surface area (Å²) in [6.45, 7) is 0. The molecule has 2 aromatic carbocycles. The second kappa shape index (κ2) is 5.41. The van der Waals surface area contributed by atoms with Gasteiger partial charge in [0.05, 0.1) is 6.26 Å². The Balaban J connectivity index is 2.22. The molecule has 2 heteroatoms. The van der Waals surface area contributed by atoms with Crippen molar-refractivity contribution in [2.45, 2.75) is 11.8 Å². The molecule has 0 bridgehead atoms. The average Bonchev–Trinajstić information content (AvgIpc) is 2.57. The van der Waals surface area contributed by atoms with Crippen molar-refractivity contribution >= 4 is 5.78 Å². The highest BCUT2D eigenvalue weighted by atomic mass is 16.2. The molecule has 1 aliphatic carbocycles. The van der Waals surface area contributed by atoms with E-state index in [-0.39, 0.29) is 5.78 Å². The lowest BCUT2D eigenvalue weighted by atomic mass is 9.67. The molecule has 0 amide bonds. The predicted molar refractivity (Wildman–Crippen MR) is 83.1 cm³/mol. The van der Waals surface area contributed by atoms with Crippen molar-refractivity contribution in [3.8, 4) is 0 Å². The molecule has 3 rings (SSSR count). The molecule has 0 heterocycles. The van der Waals surface area contributed by atoms with Gasteiger partial charge in [0, 0.05) is 11.0 Å². The second-order valence-electron chi connectivity index (χ2n) is 5.23. The Bertz CT molecular complexity index is 657. The van der Waals surface area contributed by atoms with E-state index in [1.54, 1.807) is 6.08 Å². The summed E-state index contributed by atoms with van der Waals surface area (Å²) in [5.74, 6) is -0.125. The number of aliphatic hydroxyl groups is 1. The Labute approximate surface area is 124 Å². The van der Waals surface area contributed by atoms with Gasteiger partial charge in [-0.3, -0.25) is 4.79 Å². The molecule has 0 fully saturated rings. The van der Waals surface area contributed by atoms with E-state index in [9.17, 15) is 9.90 Å². The number of carbonyl (C=O) groups is 1. The number of hydrogen-bond acceptors (Lipinski definition) is 2. The first kappa shape index (κ1) is 13.4. The van der Waals surface area contributed by atoms with Crippen molar-refractivity contribution in [1.82, 2.24) is 0 Å². The summed E-state index contributed by atoms with van der Waals surface area (Å²) >= 11 is 0. The molecular weight excluding hydrogens is 260 g/mol. The number of rotatable bonds is 2. The maximum absolute atomic E-state index is 11.9. The second-order valence-corrected chi connectivity index (χ2v) is 5.23. The molecule has 2 nitrogen and oxygen atoms in total. The standard InChI is InChI=1S/C19H16O2/c20-14-15-13-19(12-11-18(15)21,16-7-3-1-4-8-16)17-9-5-2-6-10-17/h1-12,14,20H,13H2. The monoisotopic (exact) mass is 276 g/mol. The molecule has 0 aromatic heterocycles. The largest absolute Gasteiger partial charge is 0.515 e. The third kappa shape index (κ3) is 2.29. The van der Waals surface area contributed by atoms with Crippen LogP contribution in [0.25, 0.3) is 0 Å². The van der Waals surface area contributed by atoms with E-state index in [0.29, 0.717) is 12.0 Å². The lowest BCUT2D eigenvalue weighted by Gasteiger charge is -2.35. The van der Waals surface area contributed by atoms with Crippen LogP contribution < -0.4 is 0 Å². The Morgan fingerprint density at radius 3 is 1.90 bits per heavy atom. The van der Waals surface area contributed by atoms with Crippen LogP contribution in [0, 0.1) is 0 Å². The van der Waals surface area contributed by atoms with Gasteiger partial charge in [-0.25, -0.2) is 0 Å². The van der Waals surface area contributed by atoms with Gasteiger partial charge in [-0.1, -0.05) is 66.7 Å². The third-order valence-electron chi connectivity index (χ3n) is 4.04. The molecule has 1 N–H and O–H groups in total. The highest BCUT2D eigenvalue weighted by Gasteiger charge is 2.36. The maximum atomic E-state index is 11.9. The fourth-order valence-electron chi connectivity index (χ4n) is 2.92. The maximum Gasteiger partial charge on any atom is 0.184 e. The van der Waals surface area contributed by atoms with E-state index in [0.717, 1.165) is 17.4 Å². The van der Waals surface area contributed by atoms with Gasteiger partial charge in [0.15, 0.2) is 5.78 Å². The SMILES string of the molecule is O=C1C=CC(c2ccccc2)(c2ccccc2)CC1=CO. The molecule has 0 saturated heterocycles. The molecule has 0 spiro atoms. The van der Waals surface area contributed by atoms with Crippen LogP contribution in [0.1, 0.15) is 17.5 Å². The van der Waals surface area contributed by atoms with Gasteiger partial charge in [0.2, 0.25) is 0 Å². The summed E-state index contributed by atoms with van der Waals surface area (Å²) in [6.07, 6.45) is 4.91. The molecular formula is C19H16O2. The third-order valence-corrected chi connectivity index (χ3v) is 4.04.